The first-order valence-corrected chi connectivity index (χ1v) is 12.6. The van der Waals surface area contributed by atoms with Crippen LogP contribution in [0.1, 0.15) is 94.8 Å². The summed E-state index contributed by atoms with van der Waals surface area (Å²) in [5, 5.41) is 10.6. The molecule has 5 atom stereocenters. The average molecular weight is 479 g/mol. The summed E-state index contributed by atoms with van der Waals surface area (Å²) in [7, 11) is 1.40. The van der Waals surface area contributed by atoms with E-state index in [2.05, 4.69) is 23.8 Å². The van der Waals surface area contributed by atoms with Gasteiger partial charge in [-0.15, -0.1) is 11.6 Å². The summed E-state index contributed by atoms with van der Waals surface area (Å²) in [6.45, 7) is 3.60. The highest BCUT2D eigenvalue weighted by atomic mass is 35.5. The number of aliphatic hydroxyl groups is 1. The molecule has 1 aromatic carbocycles. The van der Waals surface area contributed by atoms with Gasteiger partial charge in [0.05, 0.1) is 13.2 Å². The molecule has 5 nitrogen and oxygen atoms in total. The topological polar surface area (TPSA) is 72.8 Å². The van der Waals surface area contributed by atoms with Crippen LogP contribution < -0.4 is 0 Å². The number of hydrogen-bond donors (Lipinski definition) is 1. The van der Waals surface area contributed by atoms with E-state index in [9.17, 15) is 14.7 Å². The number of methoxy groups -OCH3 is 1. The van der Waals surface area contributed by atoms with E-state index in [4.69, 9.17) is 16.3 Å². The Morgan fingerprint density at radius 1 is 1.18 bits per heavy atom. The molecule has 1 unspecified atom stereocenters. The van der Waals surface area contributed by atoms with Crippen molar-refractivity contribution in [2.45, 2.75) is 95.1 Å². The van der Waals surface area contributed by atoms with Crippen LogP contribution in [-0.4, -0.2) is 35.6 Å². The Balaban J connectivity index is 2.03. The van der Waals surface area contributed by atoms with Crippen molar-refractivity contribution in [3.05, 3.63) is 47.5 Å². The first-order chi connectivity index (χ1) is 15.9. The summed E-state index contributed by atoms with van der Waals surface area (Å²) in [6.07, 6.45) is 10.9. The Bertz CT molecular complexity index is 760. The number of carbonyl (C=O) groups excluding carboxylic acids is 2. The van der Waals surface area contributed by atoms with Gasteiger partial charge in [0, 0.05) is 24.6 Å². The molecule has 1 fully saturated rings. The van der Waals surface area contributed by atoms with E-state index < -0.39 is 6.10 Å². The number of esters is 2. The second-order valence-corrected chi connectivity index (χ2v) is 9.51. The minimum atomic E-state index is -0.482. The number of aliphatic hydroxyl groups excluding tert-OH is 1. The third kappa shape index (κ3) is 8.78. The Hall–Kier alpha value is -1.85. The molecule has 0 amide bonds. The molecule has 0 saturated heterocycles. The van der Waals surface area contributed by atoms with E-state index in [0.717, 1.165) is 56.1 Å². The minimum Gasteiger partial charge on any atom is -0.469 e. The number of benzene rings is 1. The number of alkyl halides is 1. The van der Waals surface area contributed by atoms with Crippen LogP contribution in [0, 0.1) is 5.92 Å². The molecule has 1 N–H and O–H groups in total. The van der Waals surface area contributed by atoms with Gasteiger partial charge in [0.2, 0.25) is 0 Å². The van der Waals surface area contributed by atoms with Crippen molar-refractivity contribution < 1.29 is 24.2 Å². The number of halogens is 1. The second-order valence-electron chi connectivity index (χ2n) is 8.94. The molecular formula is C27H39ClO5. The van der Waals surface area contributed by atoms with Crippen LogP contribution in [0.5, 0.6) is 0 Å². The zero-order valence-corrected chi connectivity index (χ0v) is 20.9. The van der Waals surface area contributed by atoms with E-state index in [1.54, 1.807) is 0 Å². The standard InChI is InChI=1S/C27H39ClO5/c1-4-5-8-12-25(33-19(2)29)20-14-16-21(17-15-20)27-22(23(28)18-24(27)30)11-9-6-7-10-13-26(31)32-3/h6,9,14-17,22-25,27,30H,4-5,7-8,10-13,18H2,1-3H3/t22-,23+,24-,25?,27+/m0/s1. The van der Waals surface area contributed by atoms with Crippen LogP contribution in [0.15, 0.2) is 36.4 Å². The molecule has 1 aliphatic rings. The van der Waals surface area contributed by atoms with Gasteiger partial charge in [-0.3, -0.25) is 9.59 Å². The lowest BCUT2D eigenvalue weighted by Crippen LogP contribution is -2.18. The number of hydrogen-bond acceptors (Lipinski definition) is 5. The van der Waals surface area contributed by atoms with Crippen molar-refractivity contribution in [1.29, 1.82) is 0 Å². The van der Waals surface area contributed by atoms with E-state index >= 15 is 0 Å². The number of unbranched alkanes of at least 4 members (excludes halogenated alkanes) is 3. The van der Waals surface area contributed by atoms with Gasteiger partial charge < -0.3 is 14.6 Å². The van der Waals surface area contributed by atoms with E-state index in [1.165, 1.54) is 14.0 Å². The fourth-order valence-corrected chi connectivity index (χ4v) is 5.11. The third-order valence-electron chi connectivity index (χ3n) is 6.43. The predicted molar refractivity (Wildman–Crippen MR) is 131 cm³/mol. The van der Waals surface area contributed by atoms with Gasteiger partial charge in [0.25, 0.3) is 0 Å². The van der Waals surface area contributed by atoms with Crippen molar-refractivity contribution in [3.63, 3.8) is 0 Å². The Labute approximate surface area is 203 Å². The van der Waals surface area contributed by atoms with Gasteiger partial charge in [-0.2, -0.15) is 0 Å². The van der Waals surface area contributed by atoms with Crippen LogP contribution in [0.2, 0.25) is 0 Å². The summed E-state index contributed by atoms with van der Waals surface area (Å²) < 4.78 is 10.2. The van der Waals surface area contributed by atoms with Crippen LogP contribution in [0.25, 0.3) is 0 Å². The first-order valence-electron chi connectivity index (χ1n) is 12.2. The van der Waals surface area contributed by atoms with Gasteiger partial charge in [0.15, 0.2) is 0 Å². The second kappa shape index (κ2) is 14.4. The Kier molecular flexibility index (Phi) is 12.0. The molecule has 0 heterocycles. The quantitative estimate of drug-likeness (QED) is 0.157. The third-order valence-corrected chi connectivity index (χ3v) is 6.93. The largest absolute Gasteiger partial charge is 0.469 e. The number of rotatable bonds is 13. The van der Waals surface area contributed by atoms with Crippen molar-refractivity contribution in [1.82, 2.24) is 0 Å². The van der Waals surface area contributed by atoms with Crippen LogP contribution in [0.3, 0.4) is 0 Å². The molecule has 33 heavy (non-hydrogen) atoms. The summed E-state index contributed by atoms with van der Waals surface area (Å²) in [4.78, 5) is 22.8. The van der Waals surface area contributed by atoms with Crippen molar-refractivity contribution in [2.75, 3.05) is 7.11 Å². The molecule has 0 aliphatic heterocycles. The predicted octanol–water partition coefficient (Wildman–Crippen LogP) is 6.23. The Morgan fingerprint density at radius 2 is 1.91 bits per heavy atom. The molecular weight excluding hydrogens is 440 g/mol. The Morgan fingerprint density at radius 3 is 2.55 bits per heavy atom. The molecule has 1 saturated carbocycles. The normalized spacial score (nSPS) is 23.5. The number of carbonyl (C=O) groups is 2. The lowest BCUT2D eigenvalue weighted by molar-refractivity contribution is -0.147. The summed E-state index contributed by atoms with van der Waals surface area (Å²) in [5.41, 5.74) is 2.05. The fraction of sp³-hybridized carbons (Fsp3) is 0.630. The smallest absolute Gasteiger partial charge is 0.305 e. The van der Waals surface area contributed by atoms with Crippen LogP contribution in [-0.2, 0) is 19.1 Å². The van der Waals surface area contributed by atoms with Gasteiger partial charge in [-0.05, 0) is 55.6 Å². The maximum absolute atomic E-state index is 11.6. The average Bonchev–Trinajstić information content (AvgIpc) is 3.07. The molecule has 6 heteroatoms. The summed E-state index contributed by atoms with van der Waals surface area (Å²) in [5.74, 6) is -0.352. The molecule has 184 valence electrons. The molecule has 1 aromatic rings. The maximum atomic E-state index is 11.6. The molecule has 0 aromatic heterocycles. The zero-order chi connectivity index (χ0) is 24.2. The van der Waals surface area contributed by atoms with E-state index in [-0.39, 0.29) is 35.3 Å². The zero-order valence-electron chi connectivity index (χ0n) is 20.2. The lowest BCUT2D eigenvalue weighted by atomic mass is 9.84. The minimum absolute atomic E-state index is 0.0338. The molecule has 1 aliphatic carbocycles. The molecule has 0 bridgehead atoms. The van der Waals surface area contributed by atoms with E-state index in [0.29, 0.717) is 12.8 Å². The van der Waals surface area contributed by atoms with Crippen LogP contribution >= 0.6 is 11.6 Å². The summed E-state index contributed by atoms with van der Waals surface area (Å²) >= 11 is 6.62. The van der Waals surface area contributed by atoms with Gasteiger partial charge in [0.1, 0.15) is 6.10 Å². The summed E-state index contributed by atoms with van der Waals surface area (Å²) in [6, 6.07) is 8.12. The van der Waals surface area contributed by atoms with Crippen molar-refractivity contribution in [3.8, 4) is 0 Å². The fourth-order valence-electron chi connectivity index (χ4n) is 4.67. The molecule has 0 radical (unpaired) electrons. The van der Waals surface area contributed by atoms with Crippen LogP contribution in [0.4, 0.5) is 0 Å². The highest BCUT2D eigenvalue weighted by molar-refractivity contribution is 6.21. The van der Waals surface area contributed by atoms with Gasteiger partial charge in [-0.1, -0.05) is 56.2 Å². The van der Waals surface area contributed by atoms with E-state index in [1.807, 2.05) is 24.3 Å². The monoisotopic (exact) mass is 478 g/mol. The van der Waals surface area contributed by atoms with Crippen molar-refractivity contribution in [2.24, 2.45) is 5.92 Å². The molecule has 0 spiro atoms. The van der Waals surface area contributed by atoms with Crippen molar-refractivity contribution >= 4 is 23.5 Å². The van der Waals surface area contributed by atoms with Gasteiger partial charge >= 0.3 is 11.9 Å². The highest BCUT2D eigenvalue weighted by Crippen LogP contribution is 2.45. The first kappa shape index (κ1) is 27.4. The number of allylic oxidation sites excluding steroid dienone is 2. The SMILES string of the molecule is CCCCCC(OC(C)=O)c1ccc([C@@H]2[C@@H](CC=CCCCC(=O)OC)[C@H](Cl)C[C@@H]2O)cc1. The molecule has 2 rings (SSSR count). The highest BCUT2D eigenvalue weighted by Gasteiger charge is 2.41. The number of ether oxygens (including phenoxy) is 2. The van der Waals surface area contributed by atoms with Gasteiger partial charge in [-0.25, -0.2) is 0 Å². The lowest BCUT2D eigenvalue weighted by Gasteiger charge is -2.24. The maximum Gasteiger partial charge on any atom is 0.305 e.